The Balaban J connectivity index is 2.10. The molecule has 0 bridgehead atoms. The van der Waals surface area contributed by atoms with E-state index in [1.165, 1.54) is 17.1 Å². The number of furan rings is 1. The Labute approximate surface area is 63.1 Å². The average molecular weight is 146 g/mol. The molecule has 5 rings (SSSR count). The summed E-state index contributed by atoms with van der Waals surface area (Å²) in [6, 6.07) is 0. The van der Waals surface area contributed by atoms with Crippen LogP contribution in [-0.2, 0) is 4.74 Å². The molecule has 2 heterocycles. The Bertz CT molecular complexity index is 363. The van der Waals surface area contributed by atoms with Crippen LogP contribution in [0.1, 0.15) is 46.5 Å². The lowest BCUT2D eigenvalue weighted by Gasteiger charge is -2.58. The molecule has 11 heavy (non-hydrogen) atoms. The summed E-state index contributed by atoms with van der Waals surface area (Å²) in [5.41, 5.74) is 3.11. The van der Waals surface area contributed by atoms with Gasteiger partial charge in [-0.25, -0.2) is 0 Å². The lowest BCUT2D eigenvalue weighted by atomic mass is 9.47. The normalized spacial score (nSPS) is 50.9. The van der Waals surface area contributed by atoms with E-state index in [9.17, 15) is 0 Å². The van der Waals surface area contributed by atoms with E-state index in [2.05, 4.69) is 0 Å². The van der Waals surface area contributed by atoms with Crippen LogP contribution in [0.4, 0.5) is 0 Å². The van der Waals surface area contributed by atoms with Crippen LogP contribution in [0.25, 0.3) is 0 Å². The van der Waals surface area contributed by atoms with Gasteiger partial charge in [-0.2, -0.15) is 0 Å². The van der Waals surface area contributed by atoms with Crippen molar-refractivity contribution in [2.24, 2.45) is 0 Å². The third kappa shape index (κ3) is 0.208. The molecule has 1 aliphatic heterocycles. The number of hydrogen-bond donors (Lipinski definition) is 0. The topological polar surface area (TPSA) is 22.4 Å². The molecule has 1 aromatic heterocycles. The van der Waals surface area contributed by atoms with Crippen molar-refractivity contribution in [3.63, 3.8) is 0 Å². The Hall–Kier alpha value is -0.760. The minimum atomic E-state index is 0.370. The number of rotatable bonds is 0. The average Bonchev–Trinajstić information content (AvgIpc) is 2.15. The van der Waals surface area contributed by atoms with Crippen LogP contribution in [0, 0.1) is 0 Å². The monoisotopic (exact) mass is 146 g/mol. The Kier molecular flexibility index (Phi) is 0.357. The van der Waals surface area contributed by atoms with Crippen LogP contribution < -0.4 is 0 Å². The summed E-state index contributed by atoms with van der Waals surface area (Å²) in [7, 11) is 0. The first kappa shape index (κ1) is 4.31. The second-order valence-corrected chi connectivity index (χ2v) is 4.07. The van der Waals surface area contributed by atoms with Gasteiger partial charge in [0.15, 0.2) is 0 Å². The van der Waals surface area contributed by atoms with Crippen LogP contribution >= 0.6 is 0 Å². The molecule has 1 saturated heterocycles. The zero-order valence-electron chi connectivity index (χ0n) is 5.83. The summed E-state index contributed by atoms with van der Waals surface area (Å²) in [6.07, 6.45) is 0.370. The van der Waals surface area contributed by atoms with Crippen LogP contribution in [0.2, 0.25) is 0 Å². The predicted molar refractivity (Wildman–Crippen MR) is 35.6 cm³/mol. The van der Waals surface area contributed by atoms with Crippen molar-refractivity contribution in [1.29, 1.82) is 0 Å². The fourth-order valence-corrected chi connectivity index (χ4v) is 3.42. The van der Waals surface area contributed by atoms with Gasteiger partial charge in [0, 0.05) is 28.9 Å². The Morgan fingerprint density at radius 1 is 1.09 bits per heavy atom. The lowest BCUT2D eigenvalue weighted by Crippen LogP contribution is -2.50. The molecule has 1 fully saturated rings. The van der Waals surface area contributed by atoms with Gasteiger partial charge in [-0.05, 0) is 0 Å². The molecular weight excluding hydrogens is 140 g/mol. The zero-order chi connectivity index (χ0) is 6.74. The van der Waals surface area contributed by atoms with Crippen molar-refractivity contribution in [1.82, 2.24) is 0 Å². The lowest BCUT2D eigenvalue weighted by molar-refractivity contribution is -0.0694. The van der Waals surface area contributed by atoms with E-state index < -0.39 is 0 Å². The molecular formula is C9H6O2. The van der Waals surface area contributed by atoms with Crippen molar-refractivity contribution in [2.75, 3.05) is 6.61 Å². The minimum Gasteiger partial charge on any atom is -0.462 e. The van der Waals surface area contributed by atoms with E-state index in [1.54, 1.807) is 5.56 Å². The highest BCUT2D eigenvalue weighted by Gasteiger charge is 2.70. The maximum Gasteiger partial charge on any atom is 0.137 e. The molecule has 0 amide bonds. The second kappa shape index (κ2) is 0.911. The molecule has 1 aromatic rings. The van der Waals surface area contributed by atoms with Crippen LogP contribution in [0.3, 0.4) is 0 Å². The van der Waals surface area contributed by atoms with E-state index in [0.29, 0.717) is 12.0 Å². The summed E-state index contributed by atoms with van der Waals surface area (Å²) in [5, 5.41) is 0. The van der Waals surface area contributed by atoms with Gasteiger partial charge < -0.3 is 9.15 Å². The third-order valence-corrected chi connectivity index (χ3v) is 3.90. The zero-order valence-corrected chi connectivity index (χ0v) is 5.83. The van der Waals surface area contributed by atoms with Crippen LogP contribution in [0.5, 0.6) is 0 Å². The fourth-order valence-electron chi connectivity index (χ4n) is 3.42. The highest BCUT2D eigenvalue weighted by molar-refractivity contribution is 5.67. The van der Waals surface area contributed by atoms with Crippen LogP contribution in [-0.4, -0.2) is 6.61 Å². The van der Waals surface area contributed by atoms with Gasteiger partial charge in [0.25, 0.3) is 0 Å². The van der Waals surface area contributed by atoms with Crippen molar-refractivity contribution in [2.45, 2.75) is 23.9 Å². The molecule has 54 valence electrons. The van der Waals surface area contributed by atoms with Crippen molar-refractivity contribution in [3.8, 4) is 0 Å². The maximum atomic E-state index is 5.70. The summed E-state index contributed by atoms with van der Waals surface area (Å²) in [6.45, 7) is 0.918. The van der Waals surface area contributed by atoms with E-state index in [4.69, 9.17) is 9.15 Å². The number of ether oxygens (including phenoxy) is 1. The minimum absolute atomic E-state index is 0.370. The molecule has 0 aromatic carbocycles. The van der Waals surface area contributed by atoms with Crippen LogP contribution in [0.15, 0.2) is 4.42 Å². The van der Waals surface area contributed by atoms with E-state index >= 15 is 0 Å². The smallest absolute Gasteiger partial charge is 0.137 e. The van der Waals surface area contributed by atoms with Gasteiger partial charge in [0.1, 0.15) is 17.6 Å². The van der Waals surface area contributed by atoms with Crippen molar-refractivity contribution in [3.05, 3.63) is 22.6 Å². The molecule has 4 aliphatic rings. The molecule has 4 unspecified atom stereocenters. The van der Waals surface area contributed by atoms with Crippen molar-refractivity contribution >= 4 is 0 Å². The van der Waals surface area contributed by atoms with Gasteiger partial charge in [-0.15, -0.1) is 0 Å². The molecule has 0 spiro atoms. The van der Waals surface area contributed by atoms with E-state index in [0.717, 1.165) is 18.4 Å². The SMILES string of the molecule is C1OC2c3oc4c5c3C2C5C14. The van der Waals surface area contributed by atoms with E-state index in [-0.39, 0.29) is 0 Å². The summed E-state index contributed by atoms with van der Waals surface area (Å²) in [4.78, 5) is 0. The van der Waals surface area contributed by atoms with Gasteiger partial charge in [0.2, 0.25) is 0 Å². The molecule has 0 N–H and O–H groups in total. The molecule has 0 radical (unpaired) electrons. The fraction of sp³-hybridized carbons (Fsp3) is 0.556. The summed E-state index contributed by atoms with van der Waals surface area (Å²) >= 11 is 0. The highest BCUT2D eigenvalue weighted by atomic mass is 16.5. The van der Waals surface area contributed by atoms with Gasteiger partial charge in [-0.1, -0.05) is 0 Å². The predicted octanol–water partition coefficient (Wildman–Crippen LogP) is 1.64. The first-order valence-electron chi connectivity index (χ1n) is 4.25. The Morgan fingerprint density at radius 3 is 3.00 bits per heavy atom. The number of fused-ring (bicyclic) bond motifs is 2. The maximum absolute atomic E-state index is 5.70. The first-order chi connectivity index (χ1) is 5.47. The molecule has 4 atom stereocenters. The second-order valence-electron chi connectivity index (χ2n) is 4.07. The number of hydrogen-bond acceptors (Lipinski definition) is 2. The van der Waals surface area contributed by atoms with E-state index in [1.807, 2.05) is 0 Å². The third-order valence-electron chi connectivity index (χ3n) is 3.90. The first-order valence-corrected chi connectivity index (χ1v) is 4.25. The molecule has 3 aliphatic carbocycles. The van der Waals surface area contributed by atoms with Gasteiger partial charge in [0.05, 0.1) is 6.61 Å². The standard InChI is InChI=1S/C9H6O2/c1-2-3-4-6-5(3)8(10-1)9(6)11-7(2)4/h2-3,5,8H,1H2. The largest absolute Gasteiger partial charge is 0.462 e. The Morgan fingerprint density at radius 2 is 2.00 bits per heavy atom. The summed E-state index contributed by atoms with van der Waals surface area (Å²) < 4.78 is 11.4. The molecule has 2 nitrogen and oxygen atoms in total. The quantitative estimate of drug-likeness (QED) is 0.555. The molecule has 2 heteroatoms. The van der Waals surface area contributed by atoms with Gasteiger partial charge in [-0.3, -0.25) is 0 Å². The highest BCUT2D eigenvalue weighted by Crippen LogP contribution is 2.78. The van der Waals surface area contributed by atoms with Crippen molar-refractivity contribution < 1.29 is 9.15 Å². The summed E-state index contributed by atoms with van der Waals surface area (Å²) in [5.74, 6) is 4.73. The van der Waals surface area contributed by atoms with Gasteiger partial charge >= 0.3 is 0 Å². The molecule has 0 saturated carbocycles.